The van der Waals surface area contributed by atoms with Crippen LogP contribution in [0.1, 0.15) is 47.6 Å². The van der Waals surface area contributed by atoms with Crippen molar-refractivity contribution in [1.29, 1.82) is 0 Å². The molecule has 4 aromatic heterocycles. The van der Waals surface area contributed by atoms with Crippen LogP contribution in [-0.2, 0) is 0 Å². The number of imidazole rings is 1. The lowest BCUT2D eigenvalue weighted by atomic mass is 10.1. The molecule has 4 heterocycles. The molecule has 0 unspecified atom stereocenters. The first-order chi connectivity index (χ1) is 16.8. The van der Waals surface area contributed by atoms with E-state index in [0.29, 0.717) is 34.4 Å². The molecule has 1 aromatic carbocycles. The van der Waals surface area contributed by atoms with Crippen molar-refractivity contribution in [3.63, 3.8) is 0 Å². The molecule has 0 aliphatic rings. The molecule has 0 fully saturated rings. The van der Waals surface area contributed by atoms with Crippen LogP contribution in [0.4, 0.5) is 10.1 Å². The minimum absolute atomic E-state index is 0.113. The van der Waals surface area contributed by atoms with Crippen LogP contribution in [0.25, 0.3) is 28.3 Å². The van der Waals surface area contributed by atoms with Gasteiger partial charge in [-0.15, -0.1) is 0 Å². The molecule has 5 rings (SSSR count). The van der Waals surface area contributed by atoms with Gasteiger partial charge in [0.2, 0.25) is 11.5 Å². The van der Waals surface area contributed by atoms with Gasteiger partial charge in [-0.2, -0.15) is 0 Å². The van der Waals surface area contributed by atoms with E-state index in [1.165, 1.54) is 18.2 Å². The number of anilines is 1. The number of carbonyl (C=O) groups excluding carboxylic acids is 1. The zero-order valence-corrected chi connectivity index (χ0v) is 19.6. The Morgan fingerprint density at radius 2 is 1.86 bits per heavy atom. The van der Waals surface area contributed by atoms with Gasteiger partial charge >= 0.3 is 0 Å². The van der Waals surface area contributed by atoms with Crippen LogP contribution < -0.4 is 5.32 Å². The highest BCUT2D eigenvalue weighted by Gasteiger charge is 2.18. The fraction of sp³-hybridized carbons (Fsp3) is 0.200. The average molecular weight is 471 g/mol. The fourth-order valence-corrected chi connectivity index (χ4v) is 3.66. The maximum Gasteiger partial charge on any atom is 0.293 e. The van der Waals surface area contributed by atoms with Crippen LogP contribution in [0.3, 0.4) is 0 Å². The molecule has 1 N–H and O–H groups in total. The SMILES string of the molecule is Cc1nc(C)c(C(=O)Nc2ccc(F)c(-c3cn4cc(-c5cnc(C(C)C)cn5)cnc4n3)c2)o1. The molecule has 0 aliphatic heterocycles. The van der Waals surface area contributed by atoms with Crippen molar-refractivity contribution in [3.8, 4) is 22.5 Å². The minimum Gasteiger partial charge on any atom is -0.436 e. The molecule has 0 saturated heterocycles. The summed E-state index contributed by atoms with van der Waals surface area (Å²) in [7, 11) is 0. The Balaban J connectivity index is 1.44. The van der Waals surface area contributed by atoms with Crippen molar-refractivity contribution in [1.82, 2.24) is 29.3 Å². The summed E-state index contributed by atoms with van der Waals surface area (Å²) in [5.74, 6) is 0.248. The van der Waals surface area contributed by atoms with E-state index in [9.17, 15) is 9.18 Å². The Morgan fingerprint density at radius 1 is 1.03 bits per heavy atom. The van der Waals surface area contributed by atoms with Crippen molar-refractivity contribution < 1.29 is 13.6 Å². The summed E-state index contributed by atoms with van der Waals surface area (Å²) in [6, 6.07) is 4.27. The molecule has 0 atom stereocenters. The summed E-state index contributed by atoms with van der Waals surface area (Å²) in [6.07, 6.45) is 8.60. The van der Waals surface area contributed by atoms with E-state index in [2.05, 4.69) is 44.1 Å². The normalized spacial score (nSPS) is 11.4. The number of nitrogens with one attached hydrogen (secondary N) is 1. The average Bonchev–Trinajstić information content (AvgIpc) is 3.42. The van der Waals surface area contributed by atoms with Crippen molar-refractivity contribution in [2.24, 2.45) is 0 Å². The fourth-order valence-electron chi connectivity index (χ4n) is 3.66. The molecule has 0 saturated carbocycles. The van der Waals surface area contributed by atoms with E-state index < -0.39 is 11.7 Å². The van der Waals surface area contributed by atoms with Gasteiger partial charge in [-0.25, -0.2) is 19.3 Å². The summed E-state index contributed by atoms with van der Waals surface area (Å²) in [6.45, 7) is 7.46. The third-order valence-electron chi connectivity index (χ3n) is 5.48. The third-order valence-corrected chi connectivity index (χ3v) is 5.48. The number of aromatic nitrogens is 6. The summed E-state index contributed by atoms with van der Waals surface area (Å²) >= 11 is 0. The number of rotatable bonds is 5. The van der Waals surface area contributed by atoms with Gasteiger partial charge in [0.05, 0.1) is 29.0 Å². The van der Waals surface area contributed by atoms with Crippen LogP contribution in [0.15, 0.2) is 53.6 Å². The topological polar surface area (TPSA) is 111 Å². The first-order valence-corrected chi connectivity index (χ1v) is 11.0. The first kappa shape index (κ1) is 22.3. The lowest BCUT2D eigenvalue weighted by Gasteiger charge is -2.06. The maximum absolute atomic E-state index is 14.7. The Morgan fingerprint density at radius 3 is 2.54 bits per heavy atom. The number of nitrogens with zero attached hydrogens (tertiary/aromatic N) is 6. The summed E-state index contributed by atoms with van der Waals surface area (Å²) < 4.78 is 21.8. The number of hydrogen-bond donors (Lipinski definition) is 1. The summed E-state index contributed by atoms with van der Waals surface area (Å²) in [5, 5.41) is 2.72. The molecule has 176 valence electrons. The van der Waals surface area contributed by atoms with Gasteiger partial charge in [0.25, 0.3) is 5.91 Å². The quantitative estimate of drug-likeness (QED) is 0.385. The van der Waals surface area contributed by atoms with Gasteiger partial charge in [0, 0.05) is 48.5 Å². The summed E-state index contributed by atoms with van der Waals surface area (Å²) in [5.41, 5.74) is 3.80. The predicted molar refractivity (Wildman–Crippen MR) is 127 cm³/mol. The van der Waals surface area contributed by atoms with Crippen molar-refractivity contribution in [3.05, 3.63) is 78.0 Å². The van der Waals surface area contributed by atoms with Crippen LogP contribution in [0, 0.1) is 19.7 Å². The molecule has 0 aliphatic carbocycles. The van der Waals surface area contributed by atoms with Crippen LogP contribution >= 0.6 is 0 Å². The molecule has 5 aromatic rings. The number of amides is 1. The van der Waals surface area contributed by atoms with Gasteiger partial charge in [0.15, 0.2) is 5.89 Å². The summed E-state index contributed by atoms with van der Waals surface area (Å²) in [4.78, 5) is 34.4. The van der Waals surface area contributed by atoms with E-state index in [-0.39, 0.29) is 17.2 Å². The molecule has 0 radical (unpaired) electrons. The second kappa shape index (κ2) is 8.71. The molecule has 0 spiro atoms. The molecular formula is C25H22FN7O2. The molecular weight excluding hydrogens is 449 g/mol. The number of benzene rings is 1. The second-order valence-electron chi connectivity index (χ2n) is 8.45. The zero-order valence-electron chi connectivity index (χ0n) is 19.6. The number of aryl methyl sites for hydroxylation is 2. The van der Waals surface area contributed by atoms with Crippen LogP contribution in [-0.4, -0.2) is 35.2 Å². The molecule has 1 amide bonds. The number of oxazole rings is 1. The molecule has 9 nitrogen and oxygen atoms in total. The molecule has 10 heteroatoms. The highest BCUT2D eigenvalue weighted by molar-refractivity contribution is 6.03. The first-order valence-electron chi connectivity index (χ1n) is 11.0. The third kappa shape index (κ3) is 4.37. The Hall–Kier alpha value is -4.47. The highest BCUT2D eigenvalue weighted by atomic mass is 19.1. The molecule has 35 heavy (non-hydrogen) atoms. The number of hydrogen-bond acceptors (Lipinski definition) is 7. The number of fused-ring (bicyclic) bond motifs is 1. The Kier molecular flexibility index (Phi) is 5.56. The van der Waals surface area contributed by atoms with Crippen LogP contribution in [0.2, 0.25) is 0 Å². The maximum atomic E-state index is 14.7. The number of carbonyl (C=O) groups is 1. The van der Waals surface area contributed by atoms with Gasteiger partial charge in [-0.05, 0) is 31.0 Å². The number of halogens is 1. The largest absolute Gasteiger partial charge is 0.436 e. The van der Waals surface area contributed by atoms with Gasteiger partial charge in [-0.1, -0.05) is 13.8 Å². The standard InChI is InChI=1S/C25H22FN7O2/c1-13(2)20-9-28-21(10-27-20)16-8-29-25-32-22(12-33(25)11-16)18-7-17(5-6-19(18)26)31-24(34)23-14(3)30-15(4)35-23/h5-13H,1-4H3,(H,31,34). The lowest BCUT2D eigenvalue weighted by molar-refractivity contribution is 0.0994. The minimum atomic E-state index is -0.478. The second-order valence-corrected chi connectivity index (χ2v) is 8.45. The monoisotopic (exact) mass is 471 g/mol. The van der Waals surface area contributed by atoms with Gasteiger partial charge < -0.3 is 9.73 Å². The van der Waals surface area contributed by atoms with E-state index >= 15 is 0 Å². The van der Waals surface area contributed by atoms with Crippen molar-refractivity contribution in [2.75, 3.05) is 5.32 Å². The van der Waals surface area contributed by atoms with E-state index in [4.69, 9.17) is 4.42 Å². The zero-order chi connectivity index (χ0) is 24.7. The van der Waals surface area contributed by atoms with Crippen LogP contribution in [0.5, 0.6) is 0 Å². The van der Waals surface area contributed by atoms with Crippen molar-refractivity contribution in [2.45, 2.75) is 33.6 Å². The van der Waals surface area contributed by atoms with E-state index in [1.807, 2.05) is 6.20 Å². The molecule has 0 bridgehead atoms. The highest BCUT2D eigenvalue weighted by Crippen LogP contribution is 2.27. The van der Waals surface area contributed by atoms with Gasteiger partial charge in [-0.3, -0.25) is 19.2 Å². The predicted octanol–water partition coefficient (Wildman–Crippen LogP) is 4.97. The van der Waals surface area contributed by atoms with E-state index in [1.54, 1.807) is 43.0 Å². The van der Waals surface area contributed by atoms with E-state index in [0.717, 1.165) is 11.3 Å². The van der Waals surface area contributed by atoms with Crippen molar-refractivity contribution >= 4 is 17.4 Å². The Bertz CT molecular complexity index is 1550. The lowest BCUT2D eigenvalue weighted by Crippen LogP contribution is -2.12. The van der Waals surface area contributed by atoms with Gasteiger partial charge in [0.1, 0.15) is 5.82 Å². The Labute approximate surface area is 200 Å². The smallest absolute Gasteiger partial charge is 0.293 e.